The van der Waals surface area contributed by atoms with E-state index in [1.165, 1.54) is 12.0 Å². The van der Waals surface area contributed by atoms with Gasteiger partial charge in [0.25, 0.3) is 0 Å². The van der Waals surface area contributed by atoms with E-state index in [9.17, 15) is 19.2 Å². The molecular weight excluding hydrogens is 486 g/mol. The zero-order valence-corrected chi connectivity index (χ0v) is 22.4. The van der Waals surface area contributed by atoms with Gasteiger partial charge in [-0.05, 0) is 51.2 Å². The largest absolute Gasteiger partial charge is 0.469 e. The summed E-state index contributed by atoms with van der Waals surface area (Å²) in [5.41, 5.74) is 0.157. The zero-order valence-electron chi connectivity index (χ0n) is 21.6. The highest BCUT2D eigenvalue weighted by molar-refractivity contribution is 7.98. The van der Waals surface area contributed by atoms with E-state index >= 15 is 0 Å². The van der Waals surface area contributed by atoms with Crippen LogP contribution in [0.1, 0.15) is 39.2 Å². The SMILES string of the molecule is COC(=O)[C@@H]1CN(C(=O)OC(C)(C)C)CC[C@@H]1NC(=O)[C@H](CCSC)NC(=O)OCc1ccccc1. The van der Waals surface area contributed by atoms with E-state index in [-0.39, 0.29) is 13.2 Å². The van der Waals surface area contributed by atoms with Crippen molar-refractivity contribution in [2.75, 3.05) is 32.2 Å². The van der Waals surface area contributed by atoms with Crippen LogP contribution in [0.4, 0.5) is 9.59 Å². The van der Waals surface area contributed by atoms with Crippen LogP contribution < -0.4 is 10.6 Å². The molecule has 36 heavy (non-hydrogen) atoms. The number of nitrogens with one attached hydrogen (secondary N) is 2. The van der Waals surface area contributed by atoms with Crippen LogP contribution in [0.5, 0.6) is 0 Å². The first-order chi connectivity index (χ1) is 17.0. The summed E-state index contributed by atoms with van der Waals surface area (Å²) in [4.78, 5) is 52.0. The number of ether oxygens (including phenoxy) is 3. The second-order valence-electron chi connectivity index (χ2n) is 9.50. The molecule has 1 aliphatic heterocycles. The van der Waals surface area contributed by atoms with E-state index in [1.54, 1.807) is 32.5 Å². The molecule has 200 valence electrons. The van der Waals surface area contributed by atoms with E-state index in [0.29, 0.717) is 25.1 Å². The lowest BCUT2D eigenvalue weighted by atomic mass is 9.91. The average molecular weight is 524 g/mol. The molecule has 1 fully saturated rings. The quantitative estimate of drug-likeness (QED) is 0.374. The van der Waals surface area contributed by atoms with E-state index in [2.05, 4.69) is 10.6 Å². The molecule has 0 unspecified atom stereocenters. The number of rotatable bonds is 9. The van der Waals surface area contributed by atoms with Crippen LogP contribution in [-0.2, 0) is 30.4 Å². The third kappa shape index (κ3) is 9.60. The molecule has 1 aromatic carbocycles. The molecule has 0 radical (unpaired) electrons. The maximum absolute atomic E-state index is 13.1. The van der Waals surface area contributed by atoms with Gasteiger partial charge in [-0.25, -0.2) is 9.59 Å². The normalized spacial score (nSPS) is 18.5. The van der Waals surface area contributed by atoms with Crippen LogP contribution in [0.3, 0.4) is 0 Å². The minimum absolute atomic E-state index is 0.0502. The number of hydrogen-bond donors (Lipinski definition) is 2. The number of esters is 1. The van der Waals surface area contributed by atoms with Crippen molar-refractivity contribution in [3.8, 4) is 0 Å². The Bertz CT molecular complexity index is 891. The Kier molecular flexibility index (Phi) is 11.4. The molecular formula is C25H37N3O7S. The van der Waals surface area contributed by atoms with Crippen molar-refractivity contribution >= 4 is 35.8 Å². The Morgan fingerprint density at radius 1 is 1.17 bits per heavy atom. The van der Waals surface area contributed by atoms with Crippen LogP contribution in [0, 0.1) is 5.92 Å². The van der Waals surface area contributed by atoms with Gasteiger partial charge in [-0.3, -0.25) is 9.59 Å². The summed E-state index contributed by atoms with van der Waals surface area (Å²) >= 11 is 1.54. The predicted molar refractivity (Wildman–Crippen MR) is 136 cm³/mol. The smallest absolute Gasteiger partial charge is 0.410 e. The molecule has 1 aromatic rings. The van der Waals surface area contributed by atoms with Crippen LogP contribution >= 0.6 is 11.8 Å². The second kappa shape index (κ2) is 14.0. The van der Waals surface area contributed by atoms with Gasteiger partial charge >= 0.3 is 18.2 Å². The Hall–Kier alpha value is -2.95. The van der Waals surface area contributed by atoms with E-state index in [0.717, 1.165) is 5.56 Å². The number of benzene rings is 1. The Labute approximate surface area is 216 Å². The number of hydrogen-bond acceptors (Lipinski definition) is 8. The van der Waals surface area contributed by atoms with Crippen molar-refractivity contribution < 1.29 is 33.4 Å². The Morgan fingerprint density at radius 2 is 1.86 bits per heavy atom. The number of methoxy groups -OCH3 is 1. The molecule has 2 N–H and O–H groups in total. The first-order valence-corrected chi connectivity index (χ1v) is 13.3. The number of likely N-dealkylation sites (tertiary alicyclic amines) is 1. The summed E-state index contributed by atoms with van der Waals surface area (Å²) in [6.07, 6.45) is 1.39. The number of thioether (sulfide) groups is 1. The average Bonchev–Trinajstić information content (AvgIpc) is 2.84. The molecule has 10 nitrogen and oxygen atoms in total. The highest BCUT2D eigenvalue weighted by Gasteiger charge is 2.39. The third-order valence-corrected chi connectivity index (χ3v) is 6.17. The lowest BCUT2D eigenvalue weighted by molar-refractivity contribution is -0.148. The van der Waals surface area contributed by atoms with Crippen LogP contribution in [0.2, 0.25) is 0 Å². The predicted octanol–water partition coefficient (Wildman–Crippen LogP) is 2.95. The van der Waals surface area contributed by atoms with Gasteiger partial charge in [0.15, 0.2) is 0 Å². The van der Waals surface area contributed by atoms with Crippen molar-refractivity contribution in [3.05, 3.63) is 35.9 Å². The van der Waals surface area contributed by atoms with E-state index < -0.39 is 47.7 Å². The summed E-state index contributed by atoms with van der Waals surface area (Å²) in [6, 6.07) is 7.81. The van der Waals surface area contributed by atoms with Gasteiger partial charge in [-0.2, -0.15) is 11.8 Å². The summed E-state index contributed by atoms with van der Waals surface area (Å²) in [7, 11) is 1.26. The number of piperidine rings is 1. The number of amides is 3. The van der Waals surface area contributed by atoms with Crippen molar-refractivity contribution in [1.82, 2.24) is 15.5 Å². The van der Waals surface area contributed by atoms with E-state index in [4.69, 9.17) is 14.2 Å². The maximum atomic E-state index is 13.1. The molecule has 3 amide bonds. The Balaban J connectivity index is 2.02. The number of carbonyl (C=O) groups excluding carboxylic acids is 4. The van der Waals surface area contributed by atoms with Gasteiger partial charge in [-0.15, -0.1) is 0 Å². The zero-order chi connectivity index (χ0) is 26.7. The molecule has 11 heteroatoms. The van der Waals surface area contributed by atoms with Gasteiger partial charge in [-0.1, -0.05) is 30.3 Å². The summed E-state index contributed by atoms with van der Waals surface area (Å²) in [5.74, 6) is -1.10. The molecule has 3 atom stereocenters. The fraction of sp³-hybridized carbons (Fsp3) is 0.600. The highest BCUT2D eigenvalue weighted by Crippen LogP contribution is 2.22. The molecule has 2 rings (SSSR count). The summed E-state index contributed by atoms with van der Waals surface area (Å²) in [5, 5.41) is 5.52. The standard InChI is InChI=1S/C25H37N3O7S/c1-25(2,3)35-24(32)28-13-11-19(18(15-28)22(30)33-4)26-21(29)20(12-14-36-5)27-23(31)34-16-17-9-7-6-8-10-17/h6-10,18-20H,11-16H2,1-5H3,(H,26,29)(H,27,31)/t18-,19+,20+/m1/s1. The third-order valence-electron chi connectivity index (χ3n) is 5.53. The first-order valence-electron chi connectivity index (χ1n) is 11.9. The molecule has 1 heterocycles. The molecule has 0 aromatic heterocycles. The molecule has 0 aliphatic carbocycles. The molecule has 1 saturated heterocycles. The van der Waals surface area contributed by atoms with E-state index in [1.807, 2.05) is 36.6 Å². The minimum atomic E-state index is -0.845. The van der Waals surface area contributed by atoms with Crippen LogP contribution in [-0.4, -0.2) is 78.9 Å². The van der Waals surface area contributed by atoms with Crippen LogP contribution in [0.25, 0.3) is 0 Å². The first kappa shape index (κ1) is 29.3. The van der Waals surface area contributed by atoms with Crippen LogP contribution in [0.15, 0.2) is 30.3 Å². The van der Waals surface area contributed by atoms with Gasteiger partial charge in [0.05, 0.1) is 13.0 Å². The minimum Gasteiger partial charge on any atom is -0.469 e. The van der Waals surface area contributed by atoms with Crippen molar-refractivity contribution in [2.24, 2.45) is 5.92 Å². The Morgan fingerprint density at radius 3 is 2.47 bits per heavy atom. The number of alkyl carbamates (subject to hydrolysis) is 1. The summed E-state index contributed by atoms with van der Waals surface area (Å²) in [6.45, 7) is 5.73. The molecule has 1 aliphatic rings. The second-order valence-corrected chi connectivity index (χ2v) is 10.5. The lowest BCUT2D eigenvalue weighted by Crippen LogP contribution is -2.58. The topological polar surface area (TPSA) is 123 Å². The maximum Gasteiger partial charge on any atom is 0.410 e. The fourth-order valence-corrected chi connectivity index (χ4v) is 4.17. The van der Waals surface area contributed by atoms with Crippen molar-refractivity contribution in [2.45, 2.75) is 57.9 Å². The monoisotopic (exact) mass is 523 g/mol. The van der Waals surface area contributed by atoms with Crippen molar-refractivity contribution in [3.63, 3.8) is 0 Å². The molecule has 0 bridgehead atoms. The molecule has 0 saturated carbocycles. The summed E-state index contributed by atoms with van der Waals surface area (Å²) < 4.78 is 15.6. The highest BCUT2D eigenvalue weighted by atomic mass is 32.2. The number of nitrogens with zero attached hydrogens (tertiary/aromatic N) is 1. The number of carbonyl (C=O) groups is 4. The lowest BCUT2D eigenvalue weighted by Gasteiger charge is -2.38. The van der Waals surface area contributed by atoms with Gasteiger partial charge in [0.2, 0.25) is 5.91 Å². The van der Waals surface area contributed by atoms with Gasteiger partial charge in [0.1, 0.15) is 18.2 Å². The fourth-order valence-electron chi connectivity index (χ4n) is 3.70. The van der Waals surface area contributed by atoms with Crippen molar-refractivity contribution in [1.29, 1.82) is 0 Å². The molecule has 0 spiro atoms. The van der Waals surface area contributed by atoms with Gasteiger partial charge < -0.3 is 29.7 Å². The van der Waals surface area contributed by atoms with Gasteiger partial charge in [0, 0.05) is 19.1 Å².